The maximum atomic E-state index is 11.9. The molecule has 1 heterocycles. The SMILES string of the molecule is Cc1cccc(-n2nnnc2SCC(=O)NOCc2ccccc2)c1. The zero-order valence-electron chi connectivity index (χ0n) is 13.6. The number of thioether (sulfide) groups is 1. The number of rotatable bonds is 7. The number of carbonyl (C=O) groups is 1. The molecule has 0 aliphatic carbocycles. The molecule has 128 valence electrons. The van der Waals surface area contributed by atoms with E-state index in [9.17, 15) is 4.79 Å². The van der Waals surface area contributed by atoms with Gasteiger partial charge in [-0.3, -0.25) is 9.63 Å². The van der Waals surface area contributed by atoms with Gasteiger partial charge in [0.05, 0.1) is 18.0 Å². The first kappa shape index (κ1) is 17.1. The number of hydrogen-bond donors (Lipinski definition) is 1. The van der Waals surface area contributed by atoms with Gasteiger partial charge < -0.3 is 0 Å². The quantitative estimate of drug-likeness (QED) is 0.517. The monoisotopic (exact) mass is 355 g/mol. The molecule has 1 amide bonds. The van der Waals surface area contributed by atoms with Crippen LogP contribution in [-0.4, -0.2) is 31.9 Å². The largest absolute Gasteiger partial charge is 0.272 e. The Hall–Kier alpha value is -2.71. The highest BCUT2D eigenvalue weighted by atomic mass is 32.2. The predicted octanol–water partition coefficient (Wildman–Crippen LogP) is 2.31. The second-order valence-electron chi connectivity index (χ2n) is 5.30. The molecule has 2 aromatic carbocycles. The lowest BCUT2D eigenvalue weighted by Gasteiger charge is -2.06. The Balaban J connectivity index is 1.50. The summed E-state index contributed by atoms with van der Waals surface area (Å²) in [7, 11) is 0. The molecule has 0 saturated carbocycles. The highest BCUT2D eigenvalue weighted by Gasteiger charge is 2.11. The maximum absolute atomic E-state index is 11.9. The number of amides is 1. The van der Waals surface area contributed by atoms with E-state index in [1.807, 2.05) is 61.5 Å². The van der Waals surface area contributed by atoms with Gasteiger partial charge in [0.1, 0.15) is 0 Å². The molecule has 8 heteroatoms. The number of nitrogens with zero attached hydrogens (tertiary/aromatic N) is 4. The molecule has 0 aliphatic heterocycles. The Labute approximate surface area is 149 Å². The molecule has 0 atom stereocenters. The zero-order chi connectivity index (χ0) is 17.5. The Morgan fingerprint density at radius 2 is 2.04 bits per heavy atom. The number of benzene rings is 2. The summed E-state index contributed by atoms with van der Waals surface area (Å²) in [5, 5.41) is 12.2. The van der Waals surface area contributed by atoms with Crippen molar-refractivity contribution in [1.82, 2.24) is 25.7 Å². The van der Waals surface area contributed by atoms with Crippen LogP contribution in [0.3, 0.4) is 0 Å². The van der Waals surface area contributed by atoms with Gasteiger partial charge >= 0.3 is 0 Å². The summed E-state index contributed by atoms with van der Waals surface area (Å²) in [4.78, 5) is 17.1. The van der Waals surface area contributed by atoms with Crippen molar-refractivity contribution in [3.8, 4) is 5.69 Å². The van der Waals surface area contributed by atoms with Gasteiger partial charge in [0.25, 0.3) is 5.91 Å². The van der Waals surface area contributed by atoms with Crippen LogP contribution in [0.1, 0.15) is 11.1 Å². The first-order chi connectivity index (χ1) is 12.2. The Kier molecular flexibility index (Phi) is 5.76. The third-order valence-corrected chi connectivity index (χ3v) is 4.21. The predicted molar refractivity (Wildman–Crippen MR) is 94.0 cm³/mol. The summed E-state index contributed by atoms with van der Waals surface area (Å²) in [6.45, 7) is 2.32. The molecule has 0 spiro atoms. The minimum Gasteiger partial charge on any atom is -0.272 e. The first-order valence-corrected chi connectivity index (χ1v) is 8.64. The highest BCUT2D eigenvalue weighted by Crippen LogP contribution is 2.18. The second kappa shape index (κ2) is 8.41. The molecule has 0 aliphatic rings. The Bertz CT molecular complexity index is 838. The molecule has 0 radical (unpaired) electrons. The first-order valence-electron chi connectivity index (χ1n) is 7.65. The smallest absolute Gasteiger partial charge is 0.254 e. The zero-order valence-corrected chi connectivity index (χ0v) is 14.4. The molecule has 3 rings (SSSR count). The molecule has 1 aromatic heterocycles. The van der Waals surface area contributed by atoms with Crippen LogP contribution in [0.4, 0.5) is 0 Å². The third-order valence-electron chi connectivity index (χ3n) is 3.29. The minimum atomic E-state index is -0.250. The van der Waals surface area contributed by atoms with E-state index < -0.39 is 0 Å². The van der Waals surface area contributed by atoms with Crippen molar-refractivity contribution in [2.75, 3.05) is 5.75 Å². The van der Waals surface area contributed by atoms with E-state index in [0.29, 0.717) is 11.8 Å². The fourth-order valence-corrected chi connectivity index (χ4v) is 2.80. The van der Waals surface area contributed by atoms with Gasteiger partial charge in [0, 0.05) is 0 Å². The number of hydrogen-bond acceptors (Lipinski definition) is 6. The van der Waals surface area contributed by atoms with Crippen LogP contribution in [0.15, 0.2) is 59.8 Å². The molecule has 0 saturated heterocycles. The Morgan fingerprint density at radius 3 is 2.84 bits per heavy atom. The molecule has 0 unspecified atom stereocenters. The van der Waals surface area contributed by atoms with Gasteiger partial charge in [-0.15, -0.1) is 5.10 Å². The highest BCUT2D eigenvalue weighted by molar-refractivity contribution is 7.99. The van der Waals surface area contributed by atoms with Crippen molar-refractivity contribution in [2.45, 2.75) is 18.7 Å². The van der Waals surface area contributed by atoms with Gasteiger partial charge in [-0.05, 0) is 40.6 Å². The van der Waals surface area contributed by atoms with E-state index in [0.717, 1.165) is 16.8 Å². The molecule has 25 heavy (non-hydrogen) atoms. The van der Waals surface area contributed by atoms with Crippen molar-refractivity contribution >= 4 is 17.7 Å². The standard InChI is InChI=1S/C17H17N5O2S/c1-13-6-5-9-15(10-13)22-17(18-20-21-22)25-12-16(23)19-24-11-14-7-3-2-4-8-14/h2-10H,11-12H2,1H3,(H,19,23). The molecule has 0 bridgehead atoms. The summed E-state index contributed by atoms with van der Waals surface area (Å²) in [5.41, 5.74) is 5.37. The number of tetrazole rings is 1. The number of aryl methyl sites for hydroxylation is 1. The summed E-state index contributed by atoms with van der Waals surface area (Å²) in [6, 6.07) is 17.4. The summed E-state index contributed by atoms with van der Waals surface area (Å²) in [5.74, 6) is -0.0965. The van der Waals surface area contributed by atoms with E-state index in [1.165, 1.54) is 11.8 Å². The molecule has 3 aromatic rings. The van der Waals surface area contributed by atoms with E-state index in [1.54, 1.807) is 4.68 Å². The fraction of sp³-hybridized carbons (Fsp3) is 0.176. The third kappa shape index (κ3) is 4.88. The Morgan fingerprint density at radius 1 is 1.20 bits per heavy atom. The molecule has 7 nitrogen and oxygen atoms in total. The van der Waals surface area contributed by atoms with Crippen molar-refractivity contribution in [3.63, 3.8) is 0 Å². The van der Waals surface area contributed by atoms with Gasteiger partial charge in [-0.2, -0.15) is 4.68 Å². The average Bonchev–Trinajstić information content (AvgIpc) is 3.09. The van der Waals surface area contributed by atoms with Crippen molar-refractivity contribution in [3.05, 3.63) is 65.7 Å². The van der Waals surface area contributed by atoms with E-state index in [-0.39, 0.29) is 11.7 Å². The number of carbonyl (C=O) groups excluding carboxylic acids is 1. The average molecular weight is 355 g/mol. The minimum absolute atomic E-state index is 0.154. The fourth-order valence-electron chi connectivity index (χ4n) is 2.12. The van der Waals surface area contributed by atoms with Gasteiger partial charge in [-0.25, -0.2) is 5.48 Å². The maximum Gasteiger partial charge on any atom is 0.254 e. The van der Waals surface area contributed by atoms with Crippen LogP contribution in [0, 0.1) is 6.92 Å². The van der Waals surface area contributed by atoms with E-state index in [4.69, 9.17) is 4.84 Å². The van der Waals surface area contributed by atoms with Crippen LogP contribution in [0.5, 0.6) is 0 Å². The summed E-state index contributed by atoms with van der Waals surface area (Å²) in [6.07, 6.45) is 0. The van der Waals surface area contributed by atoms with Crippen LogP contribution in [0.25, 0.3) is 5.69 Å². The summed E-state index contributed by atoms with van der Waals surface area (Å²) < 4.78 is 1.61. The van der Waals surface area contributed by atoms with Crippen LogP contribution in [-0.2, 0) is 16.2 Å². The molecular weight excluding hydrogens is 338 g/mol. The molecule has 1 N–H and O–H groups in total. The second-order valence-corrected chi connectivity index (χ2v) is 6.24. The van der Waals surface area contributed by atoms with Crippen molar-refractivity contribution in [2.24, 2.45) is 0 Å². The molecule has 0 fully saturated rings. The van der Waals surface area contributed by atoms with Gasteiger partial charge in [0.2, 0.25) is 5.16 Å². The number of nitrogens with one attached hydrogen (secondary N) is 1. The van der Waals surface area contributed by atoms with Crippen LogP contribution in [0.2, 0.25) is 0 Å². The van der Waals surface area contributed by atoms with E-state index in [2.05, 4.69) is 21.0 Å². The van der Waals surface area contributed by atoms with Gasteiger partial charge in [0.15, 0.2) is 0 Å². The lowest BCUT2D eigenvalue weighted by molar-refractivity contribution is -0.131. The number of hydroxylamine groups is 1. The van der Waals surface area contributed by atoms with Gasteiger partial charge in [-0.1, -0.05) is 54.2 Å². The summed E-state index contributed by atoms with van der Waals surface area (Å²) >= 11 is 1.24. The van der Waals surface area contributed by atoms with Crippen LogP contribution < -0.4 is 5.48 Å². The van der Waals surface area contributed by atoms with Crippen LogP contribution >= 0.6 is 11.8 Å². The lowest BCUT2D eigenvalue weighted by atomic mass is 10.2. The van der Waals surface area contributed by atoms with Crippen molar-refractivity contribution in [1.29, 1.82) is 0 Å². The van der Waals surface area contributed by atoms with Crippen molar-refractivity contribution < 1.29 is 9.63 Å². The lowest BCUT2D eigenvalue weighted by Crippen LogP contribution is -2.25. The topological polar surface area (TPSA) is 81.9 Å². The molecular formula is C17H17N5O2S. The van der Waals surface area contributed by atoms with E-state index >= 15 is 0 Å². The normalized spacial score (nSPS) is 10.6. The number of aromatic nitrogens is 4.